The number of benzene rings is 1. The van der Waals surface area contributed by atoms with E-state index in [2.05, 4.69) is 5.32 Å². The second kappa shape index (κ2) is 9.34. The van der Waals surface area contributed by atoms with Crippen LogP contribution < -0.4 is 15.8 Å². The van der Waals surface area contributed by atoms with E-state index in [1.165, 1.54) is 0 Å². The highest BCUT2D eigenvalue weighted by Gasteiger charge is 2.06. The number of amides is 1. The van der Waals surface area contributed by atoms with Crippen LogP contribution in [0.3, 0.4) is 0 Å². The number of nitrogens with one attached hydrogen (secondary N) is 1. The molecule has 0 aliphatic rings. The molecule has 0 fully saturated rings. The summed E-state index contributed by atoms with van der Waals surface area (Å²) in [5.41, 5.74) is 6.30. The first-order chi connectivity index (χ1) is 9.65. The van der Waals surface area contributed by atoms with Crippen LogP contribution >= 0.6 is 0 Å². The standard InChI is InChI=1S/C15H24N2O3/c1-12(11-16)3-8-15(18)17-13-4-6-14(7-5-13)20-10-9-19-2/h4-7,12H,3,8-11,16H2,1-2H3,(H,17,18). The molecule has 112 valence electrons. The van der Waals surface area contributed by atoms with Crippen LogP contribution in [-0.4, -0.2) is 32.8 Å². The van der Waals surface area contributed by atoms with Crippen molar-refractivity contribution in [3.8, 4) is 5.75 Å². The van der Waals surface area contributed by atoms with Gasteiger partial charge in [-0.25, -0.2) is 0 Å². The van der Waals surface area contributed by atoms with E-state index in [4.69, 9.17) is 15.2 Å². The highest BCUT2D eigenvalue weighted by Crippen LogP contribution is 2.16. The van der Waals surface area contributed by atoms with Crippen molar-refractivity contribution in [3.05, 3.63) is 24.3 Å². The van der Waals surface area contributed by atoms with Crippen molar-refractivity contribution in [3.63, 3.8) is 0 Å². The molecule has 5 heteroatoms. The number of nitrogens with two attached hydrogens (primary N) is 1. The predicted octanol–water partition coefficient (Wildman–Crippen LogP) is 2.03. The van der Waals surface area contributed by atoms with Gasteiger partial charge in [0.2, 0.25) is 5.91 Å². The van der Waals surface area contributed by atoms with E-state index in [0.29, 0.717) is 32.1 Å². The number of rotatable bonds is 9. The van der Waals surface area contributed by atoms with Gasteiger partial charge < -0.3 is 20.5 Å². The molecule has 3 N–H and O–H groups in total. The van der Waals surface area contributed by atoms with E-state index in [9.17, 15) is 4.79 Å². The topological polar surface area (TPSA) is 73.6 Å². The summed E-state index contributed by atoms with van der Waals surface area (Å²) in [5, 5.41) is 2.86. The van der Waals surface area contributed by atoms with Gasteiger partial charge in [0.1, 0.15) is 12.4 Å². The largest absolute Gasteiger partial charge is 0.491 e. The van der Waals surface area contributed by atoms with Crippen LogP contribution in [0.25, 0.3) is 0 Å². The Balaban J connectivity index is 2.35. The summed E-state index contributed by atoms with van der Waals surface area (Å²) in [4.78, 5) is 11.7. The predicted molar refractivity (Wildman–Crippen MR) is 79.9 cm³/mol. The molecule has 5 nitrogen and oxygen atoms in total. The summed E-state index contributed by atoms with van der Waals surface area (Å²) < 4.78 is 10.4. The van der Waals surface area contributed by atoms with Crippen LogP contribution in [0.2, 0.25) is 0 Å². The van der Waals surface area contributed by atoms with E-state index in [-0.39, 0.29) is 5.91 Å². The van der Waals surface area contributed by atoms with Crippen molar-refractivity contribution in [2.75, 3.05) is 32.2 Å². The Labute approximate surface area is 120 Å². The maximum absolute atomic E-state index is 11.7. The average molecular weight is 280 g/mol. The Hall–Kier alpha value is -1.59. The fourth-order valence-electron chi connectivity index (χ4n) is 1.60. The first kappa shape index (κ1) is 16.5. The molecule has 0 saturated carbocycles. The Morgan fingerprint density at radius 3 is 2.60 bits per heavy atom. The number of hydrogen-bond acceptors (Lipinski definition) is 4. The van der Waals surface area contributed by atoms with E-state index in [1.807, 2.05) is 31.2 Å². The third kappa shape index (κ3) is 6.54. The Morgan fingerprint density at radius 1 is 1.30 bits per heavy atom. The first-order valence-corrected chi connectivity index (χ1v) is 6.87. The van der Waals surface area contributed by atoms with Crippen molar-refractivity contribution in [2.45, 2.75) is 19.8 Å². The molecule has 0 radical (unpaired) electrons. The Bertz CT molecular complexity index is 393. The minimum atomic E-state index is 0.0124. The molecule has 1 unspecified atom stereocenters. The van der Waals surface area contributed by atoms with Crippen LogP contribution in [0, 0.1) is 5.92 Å². The quantitative estimate of drug-likeness (QED) is 0.679. The Morgan fingerprint density at radius 2 is 2.00 bits per heavy atom. The molecule has 0 heterocycles. The molecular formula is C15H24N2O3. The lowest BCUT2D eigenvalue weighted by molar-refractivity contribution is -0.116. The maximum Gasteiger partial charge on any atom is 0.224 e. The van der Waals surface area contributed by atoms with Crippen molar-refractivity contribution in [2.24, 2.45) is 11.7 Å². The maximum atomic E-state index is 11.7. The molecule has 1 amide bonds. The van der Waals surface area contributed by atoms with E-state index < -0.39 is 0 Å². The number of carbonyl (C=O) groups excluding carboxylic acids is 1. The molecule has 1 atom stereocenters. The molecule has 0 bridgehead atoms. The zero-order chi connectivity index (χ0) is 14.8. The molecule has 0 aromatic heterocycles. The fourth-order valence-corrected chi connectivity index (χ4v) is 1.60. The van der Waals surface area contributed by atoms with Gasteiger partial charge >= 0.3 is 0 Å². The van der Waals surface area contributed by atoms with Gasteiger partial charge in [-0.3, -0.25) is 4.79 Å². The second-order valence-electron chi connectivity index (χ2n) is 4.79. The van der Waals surface area contributed by atoms with Gasteiger partial charge in [0.15, 0.2) is 0 Å². The number of carbonyl (C=O) groups is 1. The molecule has 20 heavy (non-hydrogen) atoms. The number of hydrogen-bond donors (Lipinski definition) is 2. The highest BCUT2D eigenvalue weighted by atomic mass is 16.5. The zero-order valence-electron chi connectivity index (χ0n) is 12.2. The molecule has 0 spiro atoms. The van der Waals surface area contributed by atoms with Crippen LogP contribution in [0.1, 0.15) is 19.8 Å². The summed E-state index contributed by atoms with van der Waals surface area (Å²) in [6, 6.07) is 7.31. The zero-order valence-corrected chi connectivity index (χ0v) is 12.2. The van der Waals surface area contributed by atoms with Crippen LogP contribution in [0.4, 0.5) is 5.69 Å². The van der Waals surface area contributed by atoms with Crippen LogP contribution in [-0.2, 0) is 9.53 Å². The number of methoxy groups -OCH3 is 1. The smallest absolute Gasteiger partial charge is 0.224 e. The molecule has 1 aromatic carbocycles. The third-order valence-corrected chi connectivity index (χ3v) is 2.96. The minimum Gasteiger partial charge on any atom is -0.491 e. The van der Waals surface area contributed by atoms with Crippen molar-refractivity contribution in [1.29, 1.82) is 0 Å². The first-order valence-electron chi connectivity index (χ1n) is 6.87. The van der Waals surface area contributed by atoms with E-state index in [1.54, 1.807) is 7.11 Å². The number of anilines is 1. The van der Waals surface area contributed by atoms with Crippen LogP contribution in [0.15, 0.2) is 24.3 Å². The summed E-state index contributed by atoms with van der Waals surface area (Å²) in [6.07, 6.45) is 1.30. The van der Waals surface area contributed by atoms with Gasteiger partial charge in [0.25, 0.3) is 0 Å². The lowest BCUT2D eigenvalue weighted by atomic mass is 10.1. The molecule has 0 saturated heterocycles. The van der Waals surface area contributed by atoms with Gasteiger partial charge in [0, 0.05) is 19.2 Å². The SMILES string of the molecule is COCCOc1ccc(NC(=O)CCC(C)CN)cc1. The molecular weight excluding hydrogens is 256 g/mol. The second-order valence-corrected chi connectivity index (χ2v) is 4.79. The summed E-state index contributed by atoms with van der Waals surface area (Å²) >= 11 is 0. The third-order valence-electron chi connectivity index (χ3n) is 2.96. The van der Waals surface area contributed by atoms with Crippen molar-refractivity contribution in [1.82, 2.24) is 0 Å². The normalized spacial score (nSPS) is 11.9. The molecule has 0 aliphatic heterocycles. The highest BCUT2D eigenvalue weighted by molar-refractivity contribution is 5.90. The molecule has 0 aliphatic carbocycles. The van der Waals surface area contributed by atoms with Gasteiger partial charge in [-0.05, 0) is 43.1 Å². The minimum absolute atomic E-state index is 0.0124. The van der Waals surface area contributed by atoms with Crippen LogP contribution in [0.5, 0.6) is 5.75 Å². The summed E-state index contributed by atoms with van der Waals surface area (Å²) in [7, 11) is 1.63. The van der Waals surface area contributed by atoms with Gasteiger partial charge in [-0.15, -0.1) is 0 Å². The lowest BCUT2D eigenvalue weighted by Crippen LogP contribution is -2.16. The Kier molecular flexibility index (Phi) is 7.69. The number of ether oxygens (including phenoxy) is 2. The fraction of sp³-hybridized carbons (Fsp3) is 0.533. The summed E-state index contributed by atoms with van der Waals surface area (Å²) in [5.74, 6) is 1.15. The van der Waals surface area contributed by atoms with E-state index >= 15 is 0 Å². The average Bonchev–Trinajstić information content (AvgIpc) is 2.47. The van der Waals surface area contributed by atoms with Crippen molar-refractivity contribution >= 4 is 11.6 Å². The van der Waals surface area contributed by atoms with Gasteiger partial charge in [-0.2, -0.15) is 0 Å². The molecule has 1 aromatic rings. The summed E-state index contributed by atoms with van der Waals surface area (Å²) in [6.45, 7) is 3.72. The molecule has 1 rings (SSSR count). The lowest BCUT2D eigenvalue weighted by Gasteiger charge is -2.10. The van der Waals surface area contributed by atoms with Crippen molar-refractivity contribution < 1.29 is 14.3 Å². The van der Waals surface area contributed by atoms with Gasteiger partial charge in [0.05, 0.1) is 6.61 Å². The van der Waals surface area contributed by atoms with E-state index in [0.717, 1.165) is 17.9 Å². The monoisotopic (exact) mass is 280 g/mol. The van der Waals surface area contributed by atoms with Gasteiger partial charge in [-0.1, -0.05) is 6.92 Å².